The third kappa shape index (κ3) is 4.90. The molecule has 1 N–H and O–H groups in total. The number of hydrogen-bond acceptors (Lipinski definition) is 5. The van der Waals surface area contributed by atoms with Crippen LogP contribution in [0, 0.1) is 0 Å². The normalized spacial score (nSPS) is 21.4. The van der Waals surface area contributed by atoms with Crippen molar-refractivity contribution in [2.24, 2.45) is 0 Å². The molecule has 8 nitrogen and oxygen atoms in total. The highest BCUT2D eigenvalue weighted by Gasteiger charge is 2.47. The van der Waals surface area contributed by atoms with E-state index in [4.69, 9.17) is 14.2 Å². The van der Waals surface area contributed by atoms with E-state index in [0.29, 0.717) is 31.1 Å². The molecule has 1 aromatic heterocycles. The average Bonchev–Trinajstić information content (AvgIpc) is 3.53. The summed E-state index contributed by atoms with van der Waals surface area (Å²) in [5, 5.41) is 4.01. The summed E-state index contributed by atoms with van der Waals surface area (Å²) in [5.74, 6) is 1.11. The number of fused-ring (bicyclic) bond motifs is 3. The monoisotopic (exact) mass is 505 g/mol. The maximum atomic E-state index is 14.0. The Hall–Kier alpha value is -3.52. The number of nitrogens with one attached hydrogen (secondary N) is 1. The molecule has 5 rings (SSSR count). The van der Waals surface area contributed by atoms with Gasteiger partial charge in [0.25, 0.3) is 5.91 Å². The van der Waals surface area contributed by atoms with E-state index in [0.717, 1.165) is 41.7 Å². The summed E-state index contributed by atoms with van der Waals surface area (Å²) in [5.41, 5.74) is 1.25. The van der Waals surface area contributed by atoms with E-state index in [1.54, 1.807) is 12.0 Å². The maximum absolute atomic E-state index is 14.0. The second-order valence-electron chi connectivity index (χ2n) is 10.4. The predicted octanol–water partition coefficient (Wildman–Crippen LogP) is 4.15. The van der Waals surface area contributed by atoms with Crippen LogP contribution in [0.25, 0.3) is 10.9 Å². The molecule has 0 aliphatic carbocycles. The molecule has 0 bridgehead atoms. The molecular weight excluding hydrogens is 470 g/mol. The van der Waals surface area contributed by atoms with Crippen LogP contribution in [0.5, 0.6) is 11.5 Å². The van der Waals surface area contributed by atoms with Crippen molar-refractivity contribution < 1.29 is 23.8 Å². The minimum atomic E-state index is -1.11. The number of benzene rings is 2. The van der Waals surface area contributed by atoms with Crippen LogP contribution in [0.15, 0.2) is 48.5 Å². The van der Waals surface area contributed by atoms with Crippen molar-refractivity contribution in [1.29, 1.82) is 0 Å². The van der Waals surface area contributed by atoms with Gasteiger partial charge < -0.3 is 29.0 Å². The van der Waals surface area contributed by atoms with Gasteiger partial charge in [0.1, 0.15) is 22.7 Å². The van der Waals surface area contributed by atoms with Crippen molar-refractivity contribution in [2.45, 2.75) is 64.4 Å². The Morgan fingerprint density at radius 2 is 1.92 bits per heavy atom. The molecular formula is C29H35N3O5. The minimum Gasteiger partial charge on any atom is -0.497 e. The van der Waals surface area contributed by atoms with E-state index < -0.39 is 5.54 Å². The van der Waals surface area contributed by atoms with Gasteiger partial charge in [-0.1, -0.05) is 12.1 Å². The summed E-state index contributed by atoms with van der Waals surface area (Å²) in [6, 6.07) is 15.3. The number of amides is 2. The van der Waals surface area contributed by atoms with Crippen LogP contribution in [0.4, 0.5) is 0 Å². The third-order valence-corrected chi connectivity index (χ3v) is 7.28. The first-order valence-corrected chi connectivity index (χ1v) is 12.9. The summed E-state index contributed by atoms with van der Waals surface area (Å²) in [4.78, 5) is 29.4. The van der Waals surface area contributed by atoms with Crippen LogP contribution in [0.2, 0.25) is 0 Å². The van der Waals surface area contributed by atoms with Crippen molar-refractivity contribution in [3.8, 4) is 11.5 Å². The minimum absolute atomic E-state index is 0.0148. The van der Waals surface area contributed by atoms with Crippen molar-refractivity contribution in [3.63, 3.8) is 0 Å². The zero-order chi connectivity index (χ0) is 26.2. The van der Waals surface area contributed by atoms with Gasteiger partial charge in [0, 0.05) is 31.1 Å². The van der Waals surface area contributed by atoms with Crippen molar-refractivity contribution in [1.82, 2.24) is 14.8 Å². The fourth-order valence-electron chi connectivity index (χ4n) is 5.24. The number of methoxy groups -OCH3 is 1. The molecule has 37 heavy (non-hydrogen) atoms. The average molecular weight is 506 g/mol. The molecule has 3 aromatic rings. The summed E-state index contributed by atoms with van der Waals surface area (Å²) >= 11 is 0. The van der Waals surface area contributed by atoms with Crippen LogP contribution < -0.4 is 14.8 Å². The first-order valence-electron chi connectivity index (χ1n) is 12.9. The molecule has 0 saturated carbocycles. The maximum Gasteiger partial charge on any atom is 0.271 e. The van der Waals surface area contributed by atoms with Gasteiger partial charge in [-0.25, -0.2) is 0 Å². The Bertz CT molecular complexity index is 1290. The number of carbonyl (C=O) groups is 2. The molecule has 0 spiro atoms. The molecule has 8 heteroatoms. The third-order valence-electron chi connectivity index (χ3n) is 7.28. The second kappa shape index (κ2) is 10.1. The Kier molecular flexibility index (Phi) is 6.86. The van der Waals surface area contributed by atoms with E-state index in [2.05, 4.69) is 5.32 Å². The van der Waals surface area contributed by atoms with E-state index in [1.165, 1.54) is 0 Å². The summed E-state index contributed by atoms with van der Waals surface area (Å²) < 4.78 is 18.8. The van der Waals surface area contributed by atoms with Gasteiger partial charge in [-0.05, 0) is 69.5 Å². The van der Waals surface area contributed by atoms with Crippen LogP contribution >= 0.6 is 0 Å². The fourth-order valence-corrected chi connectivity index (χ4v) is 5.24. The number of ether oxygens (including phenoxy) is 3. The quantitative estimate of drug-likeness (QED) is 0.498. The van der Waals surface area contributed by atoms with Gasteiger partial charge >= 0.3 is 0 Å². The lowest BCUT2D eigenvalue weighted by molar-refractivity contribution is -0.133. The molecule has 2 atom stereocenters. The number of rotatable bonds is 8. The molecule has 2 aliphatic rings. The van der Waals surface area contributed by atoms with Gasteiger partial charge in [-0.2, -0.15) is 0 Å². The van der Waals surface area contributed by atoms with Gasteiger partial charge in [-0.3, -0.25) is 9.59 Å². The molecule has 2 amide bonds. The summed E-state index contributed by atoms with van der Waals surface area (Å²) in [6.45, 7) is 7.60. The molecule has 2 aromatic carbocycles. The fraction of sp³-hybridized carbons (Fsp3) is 0.448. The summed E-state index contributed by atoms with van der Waals surface area (Å²) in [6.07, 6.45) is 2.02. The van der Waals surface area contributed by atoms with E-state index in [-0.39, 0.29) is 24.0 Å². The zero-order valence-corrected chi connectivity index (χ0v) is 22.0. The highest BCUT2D eigenvalue weighted by molar-refractivity contribution is 6.03. The van der Waals surface area contributed by atoms with Crippen molar-refractivity contribution in [2.75, 3.05) is 20.3 Å². The molecule has 196 valence electrons. The van der Waals surface area contributed by atoms with Crippen LogP contribution in [0.3, 0.4) is 0 Å². The number of nitrogens with zero attached hydrogens (tertiary/aromatic N) is 2. The SMILES string of the molecule is COc1ccc2cc3n(c2c1)CC(C)(C(=O)NCC1CCCO1)N(Cc1ccc(OC(C)C)cc1)C3=O. The topological polar surface area (TPSA) is 82.0 Å². The lowest BCUT2D eigenvalue weighted by Gasteiger charge is -2.44. The Balaban J connectivity index is 1.49. The first-order chi connectivity index (χ1) is 17.8. The molecule has 1 fully saturated rings. The Morgan fingerprint density at radius 1 is 1.16 bits per heavy atom. The first kappa shape index (κ1) is 25.1. The summed E-state index contributed by atoms with van der Waals surface area (Å²) in [7, 11) is 1.62. The highest BCUT2D eigenvalue weighted by atomic mass is 16.5. The lowest BCUT2D eigenvalue weighted by atomic mass is 9.93. The number of aromatic nitrogens is 1. The molecule has 0 radical (unpaired) electrons. The van der Waals surface area contributed by atoms with Gasteiger partial charge in [0.2, 0.25) is 5.91 Å². The van der Waals surface area contributed by atoms with Crippen LogP contribution in [0.1, 0.15) is 49.7 Å². The van der Waals surface area contributed by atoms with Crippen molar-refractivity contribution in [3.05, 3.63) is 59.8 Å². The zero-order valence-electron chi connectivity index (χ0n) is 22.0. The van der Waals surface area contributed by atoms with Gasteiger partial charge in [-0.15, -0.1) is 0 Å². The van der Waals surface area contributed by atoms with E-state index in [1.807, 2.05) is 73.9 Å². The molecule has 2 aliphatic heterocycles. The van der Waals surface area contributed by atoms with Crippen LogP contribution in [-0.4, -0.2) is 59.3 Å². The molecule has 3 heterocycles. The van der Waals surface area contributed by atoms with Gasteiger partial charge in [0.05, 0.1) is 31.4 Å². The van der Waals surface area contributed by atoms with Gasteiger partial charge in [0.15, 0.2) is 0 Å². The van der Waals surface area contributed by atoms with E-state index >= 15 is 0 Å². The standard InChI is InChI=1S/C29H35N3O5/c1-19(2)37-22-10-7-20(8-11-22)17-32-27(33)26-14-21-9-12-23(35-4)15-25(21)31(26)18-29(32,3)28(34)30-16-24-6-5-13-36-24/h7-12,14-15,19,24H,5-6,13,16-18H2,1-4H3,(H,30,34). The number of carbonyl (C=O) groups excluding carboxylic acids is 2. The Morgan fingerprint density at radius 3 is 2.59 bits per heavy atom. The van der Waals surface area contributed by atoms with Crippen LogP contribution in [-0.2, 0) is 22.6 Å². The van der Waals surface area contributed by atoms with E-state index in [9.17, 15) is 9.59 Å². The highest BCUT2D eigenvalue weighted by Crippen LogP contribution is 2.35. The molecule has 2 unspecified atom stereocenters. The largest absolute Gasteiger partial charge is 0.497 e. The van der Waals surface area contributed by atoms with Crippen molar-refractivity contribution >= 4 is 22.7 Å². The molecule has 1 saturated heterocycles. The second-order valence-corrected chi connectivity index (χ2v) is 10.4. The number of hydrogen-bond donors (Lipinski definition) is 1. The lowest BCUT2D eigenvalue weighted by Crippen LogP contribution is -2.64. The Labute approximate surface area is 217 Å². The smallest absolute Gasteiger partial charge is 0.271 e. The predicted molar refractivity (Wildman–Crippen MR) is 141 cm³/mol.